The average molecular weight is 672 g/mol. The molecule has 0 saturated carbocycles. The van der Waals surface area contributed by atoms with Crippen molar-refractivity contribution in [3.05, 3.63) is 97.9 Å². The number of carbonyl (C=O) groups is 2. The average Bonchev–Trinajstić information content (AvgIpc) is 3.03. The molecule has 254 valence electrons. The summed E-state index contributed by atoms with van der Waals surface area (Å²) in [6, 6.07) is 9.68. The number of nitrogens with zero attached hydrogens (tertiary/aromatic N) is 4. The molecule has 2 N–H and O–H groups in total. The number of carboxylic acid groups (broad SMARTS) is 1. The third kappa shape index (κ3) is 6.63. The van der Waals surface area contributed by atoms with Gasteiger partial charge in [0, 0.05) is 45.5 Å². The van der Waals surface area contributed by atoms with E-state index < -0.39 is 59.4 Å². The second kappa shape index (κ2) is 13.1. The summed E-state index contributed by atoms with van der Waals surface area (Å²) in [5.41, 5.74) is 0.195. The summed E-state index contributed by atoms with van der Waals surface area (Å²) in [5, 5.41) is 12.5. The fourth-order valence-electron chi connectivity index (χ4n) is 5.76. The van der Waals surface area contributed by atoms with Gasteiger partial charge in [-0.1, -0.05) is 12.1 Å². The predicted molar refractivity (Wildman–Crippen MR) is 171 cm³/mol. The molecule has 1 aliphatic heterocycles. The van der Waals surface area contributed by atoms with Crippen LogP contribution in [-0.2, 0) is 23.0 Å². The topological polar surface area (TPSA) is 126 Å². The van der Waals surface area contributed by atoms with Crippen LogP contribution in [0.2, 0.25) is 0 Å². The first-order valence-electron chi connectivity index (χ1n) is 14.9. The number of morpholine rings is 1. The number of amides is 1. The zero-order chi connectivity index (χ0) is 35.1. The lowest BCUT2D eigenvalue weighted by atomic mass is 10.0. The van der Waals surface area contributed by atoms with Crippen molar-refractivity contribution in [1.29, 1.82) is 0 Å². The van der Waals surface area contributed by atoms with Crippen molar-refractivity contribution in [3.63, 3.8) is 0 Å². The Bertz CT molecular complexity index is 1980. The number of benzene rings is 3. The molecule has 1 fully saturated rings. The first-order valence-corrected chi connectivity index (χ1v) is 14.9. The van der Waals surface area contributed by atoms with E-state index >= 15 is 4.39 Å². The Balaban J connectivity index is 1.37. The first kappa shape index (κ1) is 34.2. The Labute approximate surface area is 271 Å². The highest BCUT2D eigenvalue weighted by molar-refractivity contribution is 5.98. The number of nitrogens with one attached hydrogen (secondary N) is 1. The van der Waals surface area contributed by atoms with E-state index in [2.05, 4.69) is 5.32 Å². The van der Waals surface area contributed by atoms with Gasteiger partial charge in [0.2, 0.25) is 0 Å². The number of carbonyl (C=O) groups excluding carboxylic acids is 1. The molecule has 11 nitrogen and oxygen atoms in total. The van der Waals surface area contributed by atoms with Gasteiger partial charge in [0.05, 0.1) is 35.4 Å². The molecule has 1 aromatic heterocycles. The molecule has 2 atom stereocenters. The third-order valence-electron chi connectivity index (χ3n) is 8.34. The van der Waals surface area contributed by atoms with E-state index in [-0.39, 0.29) is 36.5 Å². The number of aryl methyl sites for hydroxylation is 2. The fraction of sp³-hybridized carbons (Fsp3) is 0.333. The summed E-state index contributed by atoms with van der Waals surface area (Å²) in [7, 11) is 5.19. The van der Waals surface area contributed by atoms with Crippen LogP contribution in [0.5, 0.6) is 0 Å². The lowest BCUT2D eigenvalue weighted by Gasteiger charge is -2.38. The Hall–Kier alpha value is -5.18. The molecule has 3 aromatic carbocycles. The Morgan fingerprint density at radius 2 is 1.75 bits per heavy atom. The normalized spacial score (nSPS) is 15.8. The van der Waals surface area contributed by atoms with Crippen molar-refractivity contribution in [3.8, 4) is 5.69 Å². The highest BCUT2D eigenvalue weighted by Crippen LogP contribution is 2.33. The van der Waals surface area contributed by atoms with Crippen molar-refractivity contribution in [2.75, 3.05) is 43.7 Å². The summed E-state index contributed by atoms with van der Waals surface area (Å²) in [6.45, 7) is 0.584. The number of aliphatic carboxylic acids is 1. The molecule has 0 unspecified atom stereocenters. The molecular weight excluding hydrogens is 638 g/mol. The maximum atomic E-state index is 15.3. The molecule has 0 spiro atoms. The van der Waals surface area contributed by atoms with E-state index in [0.717, 1.165) is 21.2 Å². The molecule has 1 amide bonds. The number of rotatable bonds is 8. The number of fused-ring (bicyclic) bond motifs is 1. The molecule has 0 aliphatic carbocycles. The summed E-state index contributed by atoms with van der Waals surface area (Å²) < 4.78 is 63.3. The molecule has 5 rings (SSSR count). The van der Waals surface area contributed by atoms with Crippen molar-refractivity contribution in [2.24, 2.45) is 7.05 Å². The van der Waals surface area contributed by atoms with E-state index in [0.29, 0.717) is 16.5 Å². The highest BCUT2D eigenvalue weighted by Gasteiger charge is 2.45. The number of hydrogen-bond donors (Lipinski definition) is 2. The van der Waals surface area contributed by atoms with Gasteiger partial charge in [-0.05, 0) is 60.5 Å². The fourth-order valence-corrected chi connectivity index (χ4v) is 5.76. The van der Waals surface area contributed by atoms with E-state index in [1.54, 1.807) is 25.2 Å². The number of halogens is 4. The summed E-state index contributed by atoms with van der Waals surface area (Å²) in [5.74, 6) is -3.58. The molecule has 15 heteroatoms. The monoisotopic (exact) mass is 671 g/mol. The highest BCUT2D eigenvalue weighted by atomic mass is 19.4. The van der Waals surface area contributed by atoms with Crippen LogP contribution in [-0.4, -0.2) is 78.2 Å². The number of ether oxygens (including phenoxy) is 1. The molecule has 1 aliphatic rings. The Morgan fingerprint density at radius 3 is 2.35 bits per heavy atom. The lowest BCUT2D eigenvalue weighted by Crippen LogP contribution is -2.53. The minimum Gasteiger partial charge on any atom is -0.480 e. The maximum absolute atomic E-state index is 15.3. The zero-order valence-corrected chi connectivity index (χ0v) is 26.5. The van der Waals surface area contributed by atoms with Crippen molar-refractivity contribution < 1.29 is 37.0 Å². The summed E-state index contributed by atoms with van der Waals surface area (Å²) >= 11 is 0. The quantitative estimate of drug-likeness (QED) is 0.273. The minimum absolute atomic E-state index is 0.00399. The van der Waals surface area contributed by atoms with Crippen LogP contribution < -0.4 is 26.4 Å². The zero-order valence-electron chi connectivity index (χ0n) is 26.5. The summed E-state index contributed by atoms with van der Waals surface area (Å²) in [6.07, 6.45) is -4.87. The van der Waals surface area contributed by atoms with Crippen LogP contribution >= 0.6 is 0 Å². The van der Waals surface area contributed by atoms with Crippen molar-refractivity contribution in [1.82, 2.24) is 14.5 Å². The number of alkyl halides is 3. The van der Waals surface area contributed by atoms with E-state index in [4.69, 9.17) is 4.74 Å². The van der Waals surface area contributed by atoms with E-state index in [9.17, 15) is 37.5 Å². The van der Waals surface area contributed by atoms with Gasteiger partial charge >= 0.3 is 17.8 Å². The van der Waals surface area contributed by atoms with Gasteiger partial charge in [0.1, 0.15) is 17.9 Å². The number of anilines is 2. The predicted octanol–water partition coefficient (Wildman–Crippen LogP) is 3.40. The number of hydrogen-bond acceptors (Lipinski definition) is 7. The smallest absolute Gasteiger partial charge is 0.411 e. The molecule has 4 aromatic rings. The molecule has 1 saturated heterocycles. The van der Waals surface area contributed by atoms with Crippen LogP contribution in [0.25, 0.3) is 16.6 Å². The number of carboxylic acids is 1. The molecular formula is C33H33F4N5O6. The van der Waals surface area contributed by atoms with Crippen LogP contribution in [0, 0.1) is 12.7 Å². The van der Waals surface area contributed by atoms with Crippen molar-refractivity contribution in [2.45, 2.75) is 31.6 Å². The van der Waals surface area contributed by atoms with Crippen LogP contribution in [0.15, 0.2) is 64.2 Å². The van der Waals surface area contributed by atoms with Gasteiger partial charge in [-0.2, -0.15) is 13.2 Å². The van der Waals surface area contributed by atoms with E-state index in [1.807, 2.05) is 19.0 Å². The molecule has 48 heavy (non-hydrogen) atoms. The molecule has 2 heterocycles. The second-order valence-electron chi connectivity index (χ2n) is 11.8. The number of aromatic nitrogens is 2. The van der Waals surface area contributed by atoms with Gasteiger partial charge in [0.15, 0.2) is 0 Å². The third-order valence-corrected chi connectivity index (χ3v) is 8.34. The SMILES string of the molecule is Cc1cc(N2CCOC[C@@H]2C(F)(F)F)cc(F)c1C(=O)N[C@@H](Cc1ccc(-n2c(=O)c3cc(N(C)C)ccc3n(C)c2=O)cc1)C(=O)O. The summed E-state index contributed by atoms with van der Waals surface area (Å²) in [4.78, 5) is 54.6. The minimum atomic E-state index is -4.63. The van der Waals surface area contributed by atoms with Gasteiger partial charge in [-0.3, -0.25) is 14.2 Å². The Morgan fingerprint density at radius 1 is 1.06 bits per heavy atom. The second-order valence-corrected chi connectivity index (χ2v) is 11.8. The first-order chi connectivity index (χ1) is 22.6. The van der Waals surface area contributed by atoms with Gasteiger partial charge in [0.25, 0.3) is 11.5 Å². The van der Waals surface area contributed by atoms with Gasteiger partial charge in [-0.25, -0.2) is 18.5 Å². The van der Waals surface area contributed by atoms with Crippen LogP contribution in [0.4, 0.5) is 28.9 Å². The van der Waals surface area contributed by atoms with Crippen LogP contribution in [0.1, 0.15) is 21.5 Å². The van der Waals surface area contributed by atoms with Crippen molar-refractivity contribution >= 4 is 34.2 Å². The standard InChI is InChI=1S/C33H33F4N5O6/c1-18-13-22(41-11-12-48-17-27(41)33(35,36)37)16-24(34)28(18)29(43)38-25(31(45)46)14-19-5-7-20(8-6-19)42-30(44)23-15-21(39(2)3)9-10-26(23)40(4)32(42)47/h5-10,13,15-16,25,27H,11-12,14,17H2,1-4H3,(H,38,43)(H,45,46)/t25-,27+/m0/s1. The lowest BCUT2D eigenvalue weighted by molar-refractivity contribution is -0.167. The largest absolute Gasteiger partial charge is 0.480 e. The molecule has 0 bridgehead atoms. The Kier molecular flexibility index (Phi) is 9.35. The maximum Gasteiger partial charge on any atom is 0.411 e. The van der Waals surface area contributed by atoms with Gasteiger partial charge < -0.3 is 25.0 Å². The van der Waals surface area contributed by atoms with Gasteiger partial charge in [-0.15, -0.1) is 0 Å². The molecule has 0 radical (unpaired) electrons. The van der Waals surface area contributed by atoms with E-state index in [1.165, 1.54) is 41.8 Å². The van der Waals surface area contributed by atoms with Crippen LogP contribution in [0.3, 0.4) is 0 Å².